The molecule has 4 atom stereocenters. The molecular formula is C20H27FN2O2S. The SMILES string of the molecule is CC(=O)Nc1ccc(F)cc1C1C=CSC1.CN(C)C1CCCC2OC21. The maximum Gasteiger partial charge on any atom is 0.221 e. The second kappa shape index (κ2) is 8.55. The van der Waals surface area contributed by atoms with E-state index in [1.165, 1.54) is 38.3 Å². The van der Waals surface area contributed by atoms with Gasteiger partial charge in [0.1, 0.15) is 5.82 Å². The Labute approximate surface area is 159 Å². The number of rotatable bonds is 3. The van der Waals surface area contributed by atoms with Crippen molar-refractivity contribution in [3.05, 3.63) is 41.1 Å². The van der Waals surface area contributed by atoms with Crippen LogP contribution < -0.4 is 5.32 Å². The van der Waals surface area contributed by atoms with Crippen molar-refractivity contribution >= 4 is 23.4 Å². The maximum absolute atomic E-state index is 13.2. The minimum Gasteiger partial charge on any atom is -0.368 e. The van der Waals surface area contributed by atoms with Crippen LogP contribution in [0.25, 0.3) is 0 Å². The van der Waals surface area contributed by atoms with Crippen molar-refractivity contribution in [1.29, 1.82) is 0 Å². The van der Waals surface area contributed by atoms with Crippen molar-refractivity contribution in [3.8, 4) is 0 Å². The molecule has 1 saturated heterocycles. The number of allylic oxidation sites excluding steroid dienone is 1. The van der Waals surface area contributed by atoms with Gasteiger partial charge in [-0.25, -0.2) is 4.39 Å². The number of benzene rings is 1. The second-order valence-electron chi connectivity index (χ2n) is 7.28. The Bertz CT molecular complexity index is 680. The minimum atomic E-state index is -0.269. The average Bonchev–Trinajstić information content (AvgIpc) is 3.19. The van der Waals surface area contributed by atoms with Crippen LogP contribution in [0.4, 0.5) is 10.1 Å². The fraction of sp³-hybridized carbons (Fsp3) is 0.550. The van der Waals surface area contributed by atoms with Crippen molar-refractivity contribution in [2.24, 2.45) is 0 Å². The van der Waals surface area contributed by atoms with E-state index in [9.17, 15) is 9.18 Å². The van der Waals surface area contributed by atoms with E-state index in [-0.39, 0.29) is 17.6 Å². The molecule has 142 valence electrons. The summed E-state index contributed by atoms with van der Waals surface area (Å²) in [5, 5.41) is 4.74. The molecule has 1 aliphatic carbocycles. The van der Waals surface area contributed by atoms with Crippen LogP contribution in [0.5, 0.6) is 0 Å². The maximum atomic E-state index is 13.2. The summed E-state index contributed by atoms with van der Waals surface area (Å²) in [4.78, 5) is 13.3. The van der Waals surface area contributed by atoms with Crippen molar-refractivity contribution < 1.29 is 13.9 Å². The predicted molar refractivity (Wildman–Crippen MR) is 105 cm³/mol. The molecule has 0 spiro atoms. The summed E-state index contributed by atoms with van der Waals surface area (Å²) in [6.07, 6.45) is 7.22. The Morgan fingerprint density at radius 2 is 2.15 bits per heavy atom. The Kier molecular flexibility index (Phi) is 6.37. The van der Waals surface area contributed by atoms with Gasteiger partial charge in [-0.1, -0.05) is 6.08 Å². The zero-order valence-electron chi connectivity index (χ0n) is 15.6. The molecule has 1 aromatic rings. The molecule has 0 bridgehead atoms. The Morgan fingerprint density at radius 1 is 1.35 bits per heavy atom. The highest BCUT2D eigenvalue weighted by Gasteiger charge is 2.47. The Morgan fingerprint density at radius 3 is 2.77 bits per heavy atom. The number of carbonyl (C=O) groups excluding carboxylic acids is 1. The first-order valence-corrected chi connectivity index (χ1v) is 10.2. The van der Waals surface area contributed by atoms with Gasteiger partial charge >= 0.3 is 0 Å². The van der Waals surface area contributed by atoms with Gasteiger partial charge in [0.25, 0.3) is 0 Å². The molecule has 0 radical (unpaired) electrons. The van der Waals surface area contributed by atoms with Crippen LogP contribution in [-0.4, -0.2) is 48.9 Å². The normalized spacial score (nSPS) is 29.0. The lowest BCUT2D eigenvalue weighted by Gasteiger charge is -2.24. The molecule has 6 heteroatoms. The molecule has 4 rings (SSSR count). The fourth-order valence-corrected chi connectivity index (χ4v) is 4.58. The van der Waals surface area contributed by atoms with Gasteiger partial charge < -0.3 is 15.0 Å². The zero-order chi connectivity index (χ0) is 18.7. The van der Waals surface area contributed by atoms with Gasteiger partial charge in [-0.3, -0.25) is 4.79 Å². The van der Waals surface area contributed by atoms with E-state index < -0.39 is 0 Å². The van der Waals surface area contributed by atoms with Gasteiger partial charge in [0.15, 0.2) is 0 Å². The molecule has 1 aromatic carbocycles. The van der Waals surface area contributed by atoms with Gasteiger partial charge in [-0.2, -0.15) is 0 Å². The van der Waals surface area contributed by atoms with Crippen LogP contribution >= 0.6 is 11.8 Å². The number of ether oxygens (including phenoxy) is 1. The molecule has 2 aliphatic heterocycles. The smallest absolute Gasteiger partial charge is 0.221 e. The van der Waals surface area contributed by atoms with Crippen LogP contribution in [0, 0.1) is 5.82 Å². The van der Waals surface area contributed by atoms with Gasteiger partial charge in [-0.15, -0.1) is 11.8 Å². The monoisotopic (exact) mass is 378 g/mol. The van der Waals surface area contributed by atoms with E-state index in [0.717, 1.165) is 11.3 Å². The number of nitrogens with one attached hydrogen (secondary N) is 1. The summed E-state index contributed by atoms with van der Waals surface area (Å²) in [6.45, 7) is 1.45. The first-order chi connectivity index (χ1) is 12.5. The summed E-state index contributed by atoms with van der Waals surface area (Å²) in [6, 6.07) is 5.18. The van der Waals surface area contributed by atoms with Crippen LogP contribution in [0.15, 0.2) is 29.7 Å². The van der Waals surface area contributed by atoms with Crippen molar-refractivity contribution in [2.45, 2.75) is 50.4 Å². The molecule has 0 aromatic heterocycles. The van der Waals surface area contributed by atoms with Crippen LogP contribution in [0.3, 0.4) is 0 Å². The minimum absolute atomic E-state index is 0.137. The van der Waals surface area contributed by atoms with E-state index in [1.54, 1.807) is 17.8 Å². The fourth-order valence-electron chi connectivity index (χ4n) is 3.67. The summed E-state index contributed by atoms with van der Waals surface area (Å²) in [5.41, 5.74) is 1.54. The molecule has 4 nitrogen and oxygen atoms in total. The number of fused-ring (bicyclic) bond motifs is 1. The summed E-state index contributed by atoms with van der Waals surface area (Å²) >= 11 is 1.69. The number of hydrogen-bond donors (Lipinski definition) is 1. The van der Waals surface area contributed by atoms with Crippen molar-refractivity contribution in [2.75, 3.05) is 25.2 Å². The quantitative estimate of drug-likeness (QED) is 0.808. The van der Waals surface area contributed by atoms with Crippen LogP contribution in [0.2, 0.25) is 0 Å². The second-order valence-corrected chi connectivity index (χ2v) is 8.22. The summed E-state index contributed by atoms with van der Waals surface area (Å²) in [5.74, 6) is 0.676. The molecule has 3 aliphatic rings. The van der Waals surface area contributed by atoms with E-state index in [2.05, 4.69) is 24.3 Å². The van der Waals surface area contributed by atoms with E-state index in [4.69, 9.17) is 4.74 Å². The number of carbonyl (C=O) groups is 1. The first kappa shape index (κ1) is 19.4. The number of anilines is 1. The molecule has 4 unspecified atom stereocenters. The molecule has 26 heavy (non-hydrogen) atoms. The van der Waals surface area contributed by atoms with E-state index in [1.807, 2.05) is 11.5 Å². The highest BCUT2D eigenvalue weighted by atomic mass is 32.2. The number of likely N-dealkylation sites (N-methyl/N-ethyl adjacent to an activating group) is 1. The number of amides is 1. The van der Waals surface area contributed by atoms with Crippen molar-refractivity contribution in [3.63, 3.8) is 0 Å². The standard InChI is InChI=1S/C12H12FNOS.C8H15NO/c1-8(15)14-12-3-2-10(13)6-11(12)9-4-5-16-7-9;1-9(2)6-4-3-5-7-8(6)10-7/h2-6,9H,7H2,1H3,(H,14,15);6-8H,3-5H2,1-2H3. The first-order valence-electron chi connectivity index (χ1n) is 9.13. The average molecular weight is 379 g/mol. The Hall–Kier alpha value is -1.37. The molecule has 1 saturated carbocycles. The van der Waals surface area contributed by atoms with E-state index >= 15 is 0 Å². The third-order valence-corrected chi connectivity index (χ3v) is 5.96. The van der Waals surface area contributed by atoms with E-state index in [0.29, 0.717) is 23.9 Å². The molecule has 2 heterocycles. The van der Waals surface area contributed by atoms with Gasteiger partial charge in [0, 0.05) is 30.3 Å². The van der Waals surface area contributed by atoms with Crippen LogP contribution in [0.1, 0.15) is 37.7 Å². The summed E-state index contributed by atoms with van der Waals surface area (Å²) < 4.78 is 18.7. The third-order valence-electron chi connectivity index (χ3n) is 5.06. The lowest BCUT2D eigenvalue weighted by Crippen LogP contribution is -2.36. The molecule has 1 amide bonds. The van der Waals surface area contributed by atoms with Gasteiger partial charge in [0.05, 0.1) is 12.2 Å². The lowest BCUT2D eigenvalue weighted by atomic mass is 9.95. The number of halogens is 1. The highest BCUT2D eigenvalue weighted by Crippen LogP contribution is 2.38. The number of hydrogen-bond acceptors (Lipinski definition) is 4. The number of thioether (sulfide) groups is 1. The zero-order valence-corrected chi connectivity index (χ0v) is 16.4. The molecule has 1 N–H and O–H groups in total. The van der Waals surface area contributed by atoms with Crippen LogP contribution in [-0.2, 0) is 9.53 Å². The lowest BCUT2D eigenvalue weighted by molar-refractivity contribution is -0.114. The number of epoxide rings is 1. The largest absolute Gasteiger partial charge is 0.368 e. The van der Waals surface area contributed by atoms with Gasteiger partial charge in [0.2, 0.25) is 5.91 Å². The highest BCUT2D eigenvalue weighted by molar-refractivity contribution is 8.02. The molecular weight excluding hydrogens is 351 g/mol. The summed E-state index contributed by atoms with van der Waals surface area (Å²) in [7, 11) is 4.30. The van der Waals surface area contributed by atoms with Gasteiger partial charge in [-0.05, 0) is 62.5 Å². The predicted octanol–water partition coefficient (Wildman–Crippen LogP) is 4.00. The number of nitrogens with zero attached hydrogens (tertiary/aromatic N) is 1. The Balaban J connectivity index is 0.000000167. The van der Waals surface area contributed by atoms with Crippen molar-refractivity contribution in [1.82, 2.24) is 4.90 Å². The molecule has 2 fully saturated rings. The third kappa shape index (κ3) is 4.87. The topological polar surface area (TPSA) is 44.9 Å².